The van der Waals surface area contributed by atoms with E-state index < -0.39 is 0 Å². The van der Waals surface area contributed by atoms with Gasteiger partial charge in [0.25, 0.3) is 0 Å². The van der Waals surface area contributed by atoms with Crippen molar-refractivity contribution in [1.82, 2.24) is 15.3 Å². The summed E-state index contributed by atoms with van der Waals surface area (Å²) in [5.41, 5.74) is 2.59. The van der Waals surface area contributed by atoms with Crippen LogP contribution in [0.25, 0.3) is 10.2 Å². The fourth-order valence-electron chi connectivity index (χ4n) is 4.00. The van der Waals surface area contributed by atoms with E-state index in [9.17, 15) is 4.79 Å². The smallest absolute Gasteiger partial charge is 0.230 e. The van der Waals surface area contributed by atoms with Crippen LogP contribution in [0.5, 0.6) is 0 Å². The number of nitrogens with one attached hydrogen (secondary N) is 1. The molecule has 3 aromatic rings. The van der Waals surface area contributed by atoms with E-state index in [1.807, 2.05) is 36.5 Å². The van der Waals surface area contributed by atoms with Crippen molar-refractivity contribution < 1.29 is 4.79 Å². The van der Waals surface area contributed by atoms with Gasteiger partial charge in [0.2, 0.25) is 5.91 Å². The highest BCUT2D eigenvalue weighted by Gasteiger charge is 2.21. The molecule has 0 unspecified atom stereocenters. The zero-order valence-electron chi connectivity index (χ0n) is 17.0. The average molecular weight is 426 g/mol. The number of hydrogen-bond donors (Lipinski definition) is 1. The molecular weight excluding hydrogens is 398 g/mol. The van der Waals surface area contributed by atoms with Crippen molar-refractivity contribution in [3.05, 3.63) is 52.2 Å². The lowest BCUT2D eigenvalue weighted by atomic mass is 9.97. The summed E-state index contributed by atoms with van der Waals surface area (Å²) < 4.78 is 0. The quantitative estimate of drug-likeness (QED) is 0.394. The molecule has 1 atom stereocenters. The standard InChI is InChI=1S/C23H27N3OS2/c1-3-9-18(16-10-5-4-6-11-16)26-20(27)14-28-22-21-17-12-7-8-13-19(17)29-23(21)25-15(2)24-22/h4-6,10-11,18H,3,7-9,12-14H2,1-2H3,(H,26,27)/t18-/m1/s1. The second-order valence-electron chi connectivity index (χ2n) is 7.58. The van der Waals surface area contributed by atoms with Crippen LogP contribution < -0.4 is 5.32 Å². The molecule has 4 nitrogen and oxygen atoms in total. The largest absolute Gasteiger partial charge is 0.349 e. The molecule has 2 aromatic heterocycles. The number of aromatic nitrogens is 2. The zero-order chi connectivity index (χ0) is 20.2. The molecular formula is C23H27N3OS2. The van der Waals surface area contributed by atoms with Crippen molar-refractivity contribution in [2.45, 2.75) is 63.4 Å². The summed E-state index contributed by atoms with van der Waals surface area (Å²) in [6.07, 6.45) is 6.71. The molecule has 0 saturated heterocycles. The number of amides is 1. The van der Waals surface area contributed by atoms with E-state index in [4.69, 9.17) is 4.98 Å². The van der Waals surface area contributed by atoms with Crippen LogP contribution in [-0.4, -0.2) is 21.6 Å². The molecule has 1 aliphatic rings. The first kappa shape index (κ1) is 20.4. The number of rotatable bonds is 7. The summed E-state index contributed by atoms with van der Waals surface area (Å²) in [4.78, 5) is 24.7. The Morgan fingerprint density at radius 3 is 2.79 bits per heavy atom. The van der Waals surface area contributed by atoms with Gasteiger partial charge in [0, 0.05) is 10.3 Å². The number of nitrogens with zero attached hydrogens (tertiary/aromatic N) is 2. The number of hydrogen-bond acceptors (Lipinski definition) is 5. The van der Waals surface area contributed by atoms with Gasteiger partial charge in [-0.2, -0.15) is 0 Å². The molecule has 0 bridgehead atoms. The Bertz CT molecular complexity index is 1000. The minimum Gasteiger partial charge on any atom is -0.349 e. The molecule has 29 heavy (non-hydrogen) atoms. The number of fused-ring (bicyclic) bond motifs is 3. The Balaban J connectivity index is 1.50. The first-order valence-electron chi connectivity index (χ1n) is 10.4. The highest BCUT2D eigenvalue weighted by atomic mass is 32.2. The summed E-state index contributed by atoms with van der Waals surface area (Å²) in [5, 5.41) is 5.38. The summed E-state index contributed by atoms with van der Waals surface area (Å²) in [5.74, 6) is 1.22. The molecule has 1 N–H and O–H groups in total. The number of aryl methyl sites for hydroxylation is 3. The fourth-order valence-corrected chi connectivity index (χ4v) is 6.28. The molecule has 4 rings (SSSR count). The second kappa shape index (κ2) is 9.26. The van der Waals surface area contributed by atoms with Crippen LogP contribution in [0.4, 0.5) is 0 Å². The van der Waals surface area contributed by atoms with E-state index in [0.29, 0.717) is 5.75 Å². The van der Waals surface area contributed by atoms with E-state index in [1.54, 1.807) is 11.8 Å². The first-order chi connectivity index (χ1) is 14.2. The molecule has 152 valence electrons. The number of benzene rings is 1. The van der Waals surface area contributed by atoms with Gasteiger partial charge in [-0.05, 0) is 50.2 Å². The van der Waals surface area contributed by atoms with Gasteiger partial charge in [0.1, 0.15) is 15.7 Å². The van der Waals surface area contributed by atoms with Gasteiger partial charge in [0.05, 0.1) is 11.8 Å². The summed E-state index contributed by atoms with van der Waals surface area (Å²) >= 11 is 3.36. The van der Waals surface area contributed by atoms with Gasteiger partial charge >= 0.3 is 0 Å². The van der Waals surface area contributed by atoms with E-state index in [2.05, 4.69) is 29.4 Å². The van der Waals surface area contributed by atoms with E-state index in [-0.39, 0.29) is 11.9 Å². The van der Waals surface area contributed by atoms with Crippen LogP contribution in [0.1, 0.15) is 60.5 Å². The number of thioether (sulfide) groups is 1. The van der Waals surface area contributed by atoms with Crippen LogP contribution in [0.3, 0.4) is 0 Å². The maximum atomic E-state index is 12.8. The third-order valence-electron chi connectivity index (χ3n) is 5.35. The summed E-state index contributed by atoms with van der Waals surface area (Å²) in [6, 6.07) is 10.3. The number of carbonyl (C=O) groups excluding carboxylic acids is 1. The Kier molecular flexibility index (Phi) is 6.50. The molecule has 0 radical (unpaired) electrons. The van der Waals surface area contributed by atoms with Crippen molar-refractivity contribution in [1.29, 1.82) is 0 Å². The number of thiophene rings is 1. The lowest BCUT2D eigenvalue weighted by Gasteiger charge is -2.18. The van der Waals surface area contributed by atoms with Crippen LogP contribution in [0.2, 0.25) is 0 Å². The molecule has 0 fully saturated rings. The van der Waals surface area contributed by atoms with Crippen LogP contribution >= 0.6 is 23.1 Å². The van der Waals surface area contributed by atoms with E-state index >= 15 is 0 Å². The molecule has 2 heterocycles. The molecule has 0 aliphatic heterocycles. The molecule has 6 heteroatoms. The molecule has 0 saturated carbocycles. The zero-order valence-corrected chi connectivity index (χ0v) is 18.7. The maximum absolute atomic E-state index is 12.8. The Hall–Kier alpha value is -1.92. The highest BCUT2D eigenvalue weighted by molar-refractivity contribution is 8.00. The summed E-state index contributed by atoms with van der Waals surface area (Å²) in [6.45, 7) is 4.09. The third-order valence-corrected chi connectivity index (χ3v) is 7.51. The van der Waals surface area contributed by atoms with Crippen molar-refractivity contribution in [3.63, 3.8) is 0 Å². The lowest BCUT2D eigenvalue weighted by molar-refractivity contribution is -0.119. The van der Waals surface area contributed by atoms with Crippen molar-refractivity contribution in [2.75, 3.05) is 5.75 Å². The predicted octanol–water partition coefficient (Wildman–Crippen LogP) is 5.63. The number of carbonyl (C=O) groups is 1. The van der Waals surface area contributed by atoms with Gasteiger partial charge in [-0.15, -0.1) is 11.3 Å². The van der Waals surface area contributed by atoms with Crippen molar-refractivity contribution >= 4 is 39.2 Å². The average Bonchev–Trinajstić information content (AvgIpc) is 3.10. The Labute approximate surface area is 180 Å². The van der Waals surface area contributed by atoms with Crippen molar-refractivity contribution in [2.24, 2.45) is 0 Å². The molecule has 1 aliphatic carbocycles. The van der Waals surface area contributed by atoms with Gasteiger partial charge in [-0.3, -0.25) is 4.79 Å². The van der Waals surface area contributed by atoms with Gasteiger partial charge in [0.15, 0.2) is 0 Å². The maximum Gasteiger partial charge on any atom is 0.230 e. The highest BCUT2D eigenvalue weighted by Crippen LogP contribution is 2.39. The van der Waals surface area contributed by atoms with Crippen LogP contribution in [0.15, 0.2) is 35.4 Å². The van der Waals surface area contributed by atoms with Crippen molar-refractivity contribution in [3.8, 4) is 0 Å². The van der Waals surface area contributed by atoms with Gasteiger partial charge < -0.3 is 5.32 Å². The van der Waals surface area contributed by atoms with Crippen LogP contribution in [-0.2, 0) is 17.6 Å². The van der Waals surface area contributed by atoms with Crippen LogP contribution in [0, 0.1) is 6.92 Å². The van der Waals surface area contributed by atoms with Gasteiger partial charge in [-0.25, -0.2) is 9.97 Å². The molecule has 1 aromatic carbocycles. The fraction of sp³-hybridized carbons (Fsp3) is 0.435. The molecule has 0 spiro atoms. The van der Waals surface area contributed by atoms with E-state index in [0.717, 1.165) is 41.4 Å². The third kappa shape index (κ3) is 4.64. The SMILES string of the molecule is CCC[C@@H](NC(=O)CSc1nc(C)nc2sc3c(c12)CCCC3)c1ccccc1. The minimum absolute atomic E-state index is 0.0609. The second-order valence-corrected chi connectivity index (χ2v) is 9.62. The Morgan fingerprint density at radius 1 is 1.21 bits per heavy atom. The molecule has 1 amide bonds. The minimum atomic E-state index is 0.0609. The van der Waals surface area contributed by atoms with E-state index in [1.165, 1.54) is 34.2 Å². The van der Waals surface area contributed by atoms with Gasteiger partial charge in [-0.1, -0.05) is 55.4 Å². The monoisotopic (exact) mass is 425 g/mol. The normalized spacial score (nSPS) is 14.6. The first-order valence-corrected chi connectivity index (χ1v) is 12.2. The lowest BCUT2D eigenvalue weighted by Crippen LogP contribution is -2.30. The Morgan fingerprint density at radius 2 is 2.00 bits per heavy atom. The predicted molar refractivity (Wildman–Crippen MR) is 122 cm³/mol. The topological polar surface area (TPSA) is 54.9 Å². The summed E-state index contributed by atoms with van der Waals surface area (Å²) in [7, 11) is 0.